The topological polar surface area (TPSA) is 3.24 Å². The quantitative estimate of drug-likeness (QED) is 0.181. The van der Waals surface area contributed by atoms with Crippen molar-refractivity contribution in [3.8, 4) is 22.3 Å². The molecule has 0 aliphatic heterocycles. The van der Waals surface area contributed by atoms with Gasteiger partial charge in [-0.15, -0.1) is 22.7 Å². The summed E-state index contributed by atoms with van der Waals surface area (Å²) in [5, 5.41) is 5.35. The monoisotopic (exact) mass is 637 g/mol. The summed E-state index contributed by atoms with van der Waals surface area (Å²) in [6.07, 6.45) is 0. The van der Waals surface area contributed by atoms with Crippen LogP contribution < -0.4 is 4.90 Å². The van der Waals surface area contributed by atoms with Gasteiger partial charge in [0.1, 0.15) is 0 Å². The second-order valence-corrected chi connectivity index (χ2v) is 14.4. The average Bonchev–Trinajstić information content (AvgIpc) is 3.68. The number of rotatable bonds is 5. The molecular weight excluding hydrogens is 607 g/mol. The molecule has 9 aromatic rings. The van der Waals surface area contributed by atoms with E-state index in [0.717, 1.165) is 17.1 Å². The van der Waals surface area contributed by atoms with E-state index in [9.17, 15) is 0 Å². The largest absolute Gasteiger partial charge is 0.311 e. The maximum Gasteiger partial charge on any atom is 0.0462 e. The van der Waals surface area contributed by atoms with Crippen molar-refractivity contribution in [3.05, 3.63) is 163 Å². The fraction of sp³-hybridized carbons (Fsp3) is 0.0455. The smallest absolute Gasteiger partial charge is 0.0462 e. The Bertz CT molecular complexity index is 2570. The highest BCUT2D eigenvalue weighted by Crippen LogP contribution is 2.43. The highest BCUT2D eigenvalue weighted by Gasteiger charge is 2.16. The zero-order chi connectivity index (χ0) is 31.5. The molecule has 7 aromatic carbocycles. The lowest BCUT2D eigenvalue weighted by molar-refractivity contribution is 1.28. The third kappa shape index (κ3) is 4.82. The number of hydrogen-bond acceptors (Lipinski definition) is 3. The van der Waals surface area contributed by atoms with Crippen LogP contribution in [-0.2, 0) is 0 Å². The van der Waals surface area contributed by atoms with Crippen LogP contribution in [0.4, 0.5) is 17.1 Å². The molecule has 0 fully saturated rings. The Morgan fingerprint density at radius 2 is 0.851 bits per heavy atom. The van der Waals surface area contributed by atoms with Gasteiger partial charge in [0.05, 0.1) is 0 Å². The minimum absolute atomic E-state index is 1.14. The van der Waals surface area contributed by atoms with Crippen molar-refractivity contribution >= 4 is 80.1 Å². The number of aryl methyl sites for hydroxylation is 2. The molecule has 0 saturated carbocycles. The minimum Gasteiger partial charge on any atom is -0.311 e. The van der Waals surface area contributed by atoms with Crippen molar-refractivity contribution in [3.63, 3.8) is 0 Å². The highest BCUT2D eigenvalue weighted by atomic mass is 32.1. The molecule has 2 aromatic heterocycles. The molecule has 3 heteroatoms. The van der Waals surface area contributed by atoms with Crippen LogP contribution in [0.2, 0.25) is 0 Å². The van der Waals surface area contributed by atoms with Crippen molar-refractivity contribution in [1.82, 2.24) is 0 Å². The second kappa shape index (κ2) is 11.2. The van der Waals surface area contributed by atoms with Gasteiger partial charge < -0.3 is 4.90 Å². The Labute approximate surface area is 282 Å². The first-order chi connectivity index (χ1) is 23.1. The Hall–Kier alpha value is -5.22. The Kier molecular flexibility index (Phi) is 6.70. The maximum atomic E-state index is 2.36. The molecule has 0 N–H and O–H groups in total. The van der Waals surface area contributed by atoms with Gasteiger partial charge in [0.2, 0.25) is 0 Å². The van der Waals surface area contributed by atoms with E-state index >= 15 is 0 Å². The normalized spacial score (nSPS) is 11.6. The van der Waals surface area contributed by atoms with Gasteiger partial charge in [0.15, 0.2) is 0 Å². The molecule has 0 unspecified atom stereocenters. The first kappa shape index (κ1) is 28.0. The standard InChI is InChI=1S/C44H31NS2/c1-28-13-20-32(21-14-28)45(33-22-16-30(17-23-33)35-8-5-10-38-37-7-3-4-12-41(37)46-43(35)38)34-24-18-31(19-25-34)36-9-6-11-39-40-27-29(2)15-26-42(40)47-44(36)39/h3-27H,1-2H3. The summed E-state index contributed by atoms with van der Waals surface area (Å²) in [7, 11) is 0. The average molecular weight is 638 g/mol. The highest BCUT2D eigenvalue weighted by molar-refractivity contribution is 7.26. The van der Waals surface area contributed by atoms with Crippen LogP contribution in [0.3, 0.4) is 0 Å². The number of thiophene rings is 2. The number of nitrogens with zero attached hydrogens (tertiary/aromatic N) is 1. The molecule has 0 atom stereocenters. The van der Waals surface area contributed by atoms with E-state index in [0.29, 0.717) is 0 Å². The SMILES string of the molecule is Cc1ccc(N(c2ccc(-c3cccc4c3sc3ccccc34)cc2)c2ccc(-c3cccc4c3sc3ccc(C)cc34)cc2)cc1. The summed E-state index contributed by atoms with van der Waals surface area (Å²) in [5.74, 6) is 0. The van der Waals surface area contributed by atoms with Gasteiger partial charge in [0.25, 0.3) is 0 Å². The summed E-state index contributed by atoms with van der Waals surface area (Å²) in [6, 6.07) is 55.8. The minimum atomic E-state index is 1.14. The third-order valence-corrected chi connectivity index (χ3v) is 11.7. The van der Waals surface area contributed by atoms with Gasteiger partial charge in [-0.3, -0.25) is 0 Å². The van der Waals surface area contributed by atoms with E-state index in [1.54, 1.807) is 0 Å². The Morgan fingerprint density at radius 1 is 0.383 bits per heavy atom. The van der Waals surface area contributed by atoms with Crippen LogP contribution in [0.5, 0.6) is 0 Å². The summed E-state index contributed by atoms with van der Waals surface area (Å²) in [5.41, 5.74) is 11.0. The molecule has 0 aliphatic carbocycles. The molecule has 2 heterocycles. The predicted molar refractivity (Wildman–Crippen MR) is 207 cm³/mol. The number of anilines is 3. The van der Waals surface area contributed by atoms with E-state index in [-0.39, 0.29) is 0 Å². The van der Waals surface area contributed by atoms with Crippen molar-refractivity contribution in [2.45, 2.75) is 13.8 Å². The van der Waals surface area contributed by atoms with Gasteiger partial charge in [-0.1, -0.05) is 108 Å². The van der Waals surface area contributed by atoms with Gasteiger partial charge >= 0.3 is 0 Å². The summed E-state index contributed by atoms with van der Waals surface area (Å²) in [6.45, 7) is 4.31. The molecule has 47 heavy (non-hydrogen) atoms. The summed E-state index contributed by atoms with van der Waals surface area (Å²) >= 11 is 3.77. The fourth-order valence-corrected chi connectivity index (χ4v) is 9.29. The molecule has 9 rings (SSSR count). The lowest BCUT2D eigenvalue weighted by Crippen LogP contribution is -2.09. The molecule has 0 saturated heterocycles. The molecule has 224 valence electrons. The first-order valence-corrected chi connectivity index (χ1v) is 17.6. The third-order valence-electron chi connectivity index (χ3n) is 9.22. The second-order valence-electron chi connectivity index (χ2n) is 12.3. The first-order valence-electron chi connectivity index (χ1n) is 16.0. The predicted octanol–water partition coefficient (Wildman–Crippen LogP) is 13.8. The number of hydrogen-bond donors (Lipinski definition) is 0. The van der Waals surface area contributed by atoms with E-state index in [1.165, 1.54) is 73.7 Å². The maximum absolute atomic E-state index is 2.36. The van der Waals surface area contributed by atoms with Gasteiger partial charge in [0, 0.05) is 57.4 Å². The van der Waals surface area contributed by atoms with Crippen LogP contribution in [-0.4, -0.2) is 0 Å². The van der Waals surface area contributed by atoms with Crippen LogP contribution in [0.15, 0.2) is 152 Å². The van der Waals surface area contributed by atoms with E-state index in [4.69, 9.17) is 0 Å². The van der Waals surface area contributed by atoms with Gasteiger partial charge in [-0.05, 0) is 90.7 Å². The lowest BCUT2D eigenvalue weighted by Gasteiger charge is -2.26. The van der Waals surface area contributed by atoms with Crippen molar-refractivity contribution < 1.29 is 0 Å². The molecule has 1 nitrogen and oxygen atoms in total. The van der Waals surface area contributed by atoms with Crippen LogP contribution in [0, 0.1) is 13.8 Å². The van der Waals surface area contributed by atoms with Crippen molar-refractivity contribution in [2.24, 2.45) is 0 Å². The van der Waals surface area contributed by atoms with E-state index < -0.39 is 0 Å². The summed E-state index contributed by atoms with van der Waals surface area (Å²) in [4.78, 5) is 2.36. The molecule has 0 amide bonds. The molecule has 0 aliphatic rings. The molecule has 0 spiro atoms. The van der Waals surface area contributed by atoms with E-state index in [1.807, 2.05) is 22.7 Å². The molecule has 0 bridgehead atoms. The lowest BCUT2D eigenvalue weighted by atomic mass is 10.0. The Balaban J connectivity index is 1.11. The Morgan fingerprint density at radius 3 is 1.45 bits per heavy atom. The van der Waals surface area contributed by atoms with Crippen LogP contribution in [0.1, 0.15) is 11.1 Å². The zero-order valence-corrected chi connectivity index (χ0v) is 27.8. The number of fused-ring (bicyclic) bond motifs is 6. The zero-order valence-electron chi connectivity index (χ0n) is 26.2. The van der Waals surface area contributed by atoms with Gasteiger partial charge in [-0.2, -0.15) is 0 Å². The van der Waals surface area contributed by atoms with Crippen molar-refractivity contribution in [1.29, 1.82) is 0 Å². The molecule has 0 radical (unpaired) electrons. The van der Waals surface area contributed by atoms with Crippen LogP contribution >= 0.6 is 22.7 Å². The molecular formula is C44H31NS2. The fourth-order valence-electron chi connectivity index (χ4n) is 6.84. The van der Waals surface area contributed by atoms with Crippen LogP contribution in [0.25, 0.3) is 62.6 Å². The van der Waals surface area contributed by atoms with E-state index in [2.05, 4.69) is 170 Å². The van der Waals surface area contributed by atoms with Crippen molar-refractivity contribution in [2.75, 3.05) is 4.90 Å². The number of benzene rings is 7. The van der Waals surface area contributed by atoms with Gasteiger partial charge in [-0.25, -0.2) is 0 Å². The summed E-state index contributed by atoms with van der Waals surface area (Å²) < 4.78 is 5.36.